The van der Waals surface area contributed by atoms with E-state index in [0.29, 0.717) is 24.2 Å². The van der Waals surface area contributed by atoms with Crippen LogP contribution in [0.5, 0.6) is 0 Å². The van der Waals surface area contributed by atoms with Crippen molar-refractivity contribution in [2.45, 2.75) is 13.8 Å². The molecule has 0 saturated carbocycles. The third-order valence-corrected chi connectivity index (χ3v) is 4.06. The first-order valence-electron chi connectivity index (χ1n) is 8.03. The lowest BCUT2D eigenvalue weighted by molar-refractivity contribution is 0.0718. The monoisotopic (exact) mass is 324 g/mol. The maximum Gasteiger partial charge on any atom is 0.253 e. The minimum absolute atomic E-state index is 0.0359. The molecule has 0 heterocycles. The van der Waals surface area contributed by atoms with Crippen LogP contribution in [0.15, 0.2) is 48.5 Å². The Morgan fingerprint density at radius 2 is 0.958 bits per heavy atom. The number of carbonyl (C=O) groups is 2. The summed E-state index contributed by atoms with van der Waals surface area (Å²) in [6, 6.07) is 15.0. The van der Waals surface area contributed by atoms with Gasteiger partial charge in [0, 0.05) is 38.3 Å². The number of carbonyl (C=O) groups excluding carboxylic acids is 2. The van der Waals surface area contributed by atoms with Crippen LogP contribution >= 0.6 is 0 Å². The molecule has 126 valence electrons. The molecule has 0 fully saturated rings. The summed E-state index contributed by atoms with van der Waals surface area (Å²) in [6.45, 7) is 4.95. The molecule has 0 unspecified atom stereocenters. The molecule has 24 heavy (non-hydrogen) atoms. The zero-order valence-corrected chi connectivity index (χ0v) is 14.7. The Morgan fingerprint density at radius 1 is 0.667 bits per heavy atom. The van der Waals surface area contributed by atoms with Gasteiger partial charge in [0.2, 0.25) is 0 Å². The van der Waals surface area contributed by atoms with Gasteiger partial charge in [-0.15, -0.1) is 0 Å². The van der Waals surface area contributed by atoms with Gasteiger partial charge in [0.05, 0.1) is 0 Å². The van der Waals surface area contributed by atoms with Crippen LogP contribution in [-0.2, 0) is 0 Å². The molecule has 0 aromatic heterocycles. The normalized spacial score (nSPS) is 10.3. The van der Waals surface area contributed by atoms with Crippen molar-refractivity contribution in [2.75, 3.05) is 27.2 Å². The fourth-order valence-corrected chi connectivity index (χ4v) is 2.34. The molecule has 0 atom stereocenters. The minimum Gasteiger partial charge on any atom is -0.340 e. The highest BCUT2D eigenvalue weighted by molar-refractivity contribution is 5.95. The molecule has 0 radical (unpaired) electrons. The zero-order valence-electron chi connectivity index (χ0n) is 14.7. The maximum absolute atomic E-state index is 12.4. The van der Waals surface area contributed by atoms with E-state index in [4.69, 9.17) is 0 Å². The second-order valence-corrected chi connectivity index (χ2v) is 6.19. The Kier molecular flexibility index (Phi) is 5.74. The van der Waals surface area contributed by atoms with Gasteiger partial charge in [-0.25, -0.2) is 0 Å². The first-order chi connectivity index (χ1) is 11.4. The van der Waals surface area contributed by atoms with Crippen LogP contribution < -0.4 is 0 Å². The molecule has 0 saturated heterocycles. The lowest BCUT2D eigenvalue weighted by atomic mass is 10.1. The van der Waals surface area contributed by atoms with E-state index in [2.05, 4.69) is 0 Å². The smallest absolute Gasteiger partial charge is 0.253 e. The predicted octanol–water partition coefficient (Wildman–Crippen LogP) is 3.15. The van der Waals surface area contributed by atoms with Crippen LogP contribution in [0.3, 0.4) is 0 Å². The maximum atomic E-state index is 12.4. The van der Waals surface area contributed by atoms with Crippen molar-refractivity contribution in [3.05, 3.63) is 70.8 Å². The van der Waals surface area contributed by atoms with E-state index >= 15 is 0 Å². The second kappa shape index (κ2) is 7.77. The van der Waals surface area contributed by atoms with E-state index < -0.39 is 0 Å². The average molecular weight is 324 g/mol. The summed E-state index contributed by atoms with van der Waals surface area (Å²) >= 11 is 0. The van der Waals surface area contributed by atoms with Crippen molar-refractivity contribution in [3.63, 3.8) is 0 Å². The van der Waals surface area contributed by atoms with E-state index in [0.717, 1.165) is 11.1 Å². The van der Waals surface area contributed by atoms with Crippen LogP contribution in [0.4, 0.5) is 0 Å². The quantitative estimate of drug-likeness (QED) is 0.848. The average Bonchev–Trinajstić information content (AvgIpc) is 2.59. The van der Waals surface area contributed by atoms with Gasteiger partial charge in [-0.05, 0) is 38.1 Å². The molecule has 0 N–H and O–H groups in total. The summed E-state index contributed by atoms with van der Waals surface area (Å²) < 4.78 is 0. The Labute approximate surface area is 143 Å². The molecule has 2 aromatic rings. The summed E-state index contributed by atoms with van der Waals surface area (Å²) in [6.07, 6.45) is 0. The van der Waals surface area contributed by atoms with Crippen LogP contribution in [0.2, 0.25) is 0 Å². The summed E-state index contributed by atoms with van der Waals surface area (Å²) in [7, 11) is 3.51. The van der Waals surface area contributed by atoms with Gasteiger partial charge in [-0.3, -0.25) is 9.59 Å². The van der Waals surface area contributed by atoms with Crippen LogP contribution in [-0.4, -0.2) is 48.8 Å². The summed E-state index contributed by atoms with van der Waals surface area (Å²) in [5.74, 6) is -0.0719. The van der Waals surface area contributed by atoms with Crippen molar-refractivity contribution in [3.8, 4) is 0 Å². The molecule has 0 aliphatic carbocycles. The summed E-state index contributed by atoms with van der Waals surface area (Å²) in [5, 5.41) is 0. The number of rotatable bonds is 5. The fourth-order valence-electron chi connectivity index (χ4n) is 2.34. The summed E-state index contributed by atoms with van der Waals surface area (Å²) in [4.78, 5) is 28.0. The first-order valence-corrected chi connectivity index (χ1v) is 8.03. The molecule has 0 aliphatic rings. The molecule has 4 nitrogen and oxygen atoms in total. The van der Waals surface area contributed by atoms with Gasteiger partial charge in [0.1, 0.15) is 0 Å². The van der Waals surface area contributed by atoms with Gasteiger partial charge in [0.25, 0.3) is 11.8 Å². The van der Waals surface area contributed by atoms with Gasteiger partial charge < -0.3 is 9.80 Å². The number of hydrogen-bond acceptors (Lipinski definition) is 2. The van der Waals surface area contributed by atoms with Crippen LogP contribution in [0.25, 0.3) is 0 Å². The SMILES string of the molecule is Cc1ccc(C(=O)N(C)CCN(C)C(=O)c2ccc(C)cc2)cc1. The molecule has 0 bridgehead atoms. The topological polar surface area (TPSA) is 40.6 Å². The summed E-state index contributed by atoms with van der Waals surface area (Å²) in [5.41, 5.74) is 3.57. The standard InChI is InChI=1S/C20H24N2O2/c1-15-5-9-17(10-6-15)19(23)21(3)13-14-22(4)20(24)18-11-7-16(2)8-12-18/h5-12H,13-14H2,1-4H3. The van der Waals surface area contributed by atoms with Gasteiger partial charge >= 0.3 is 0 Å². The largest absolute Gasteiger partial charge is 0.340 e. The highest BCUT2D eigenvalue weighted by Gasteiger charge is 2.15. The van der Waals surface area contributed by atoms with Crippen molar-refractivity contribution < 1.29 is 9.59 Å². The number of nitrogens with zero attached hydrogens (tertiary/aromatic N) is 2. The molecule has 0 aliphatic heterocycles. The van der Waals surface area contributed by atoms with Crippen molar-refractivity contribution in [1.29, 1.82) is 0 Å². The minimum atomic E-state index is -0.0359. The first kappa shape index (κ1) is 17.7. The molecular weight excluding hydrogens is 300 g/mol. The zero-order chi connectivity index (χ0) is 17.7. The van der Waals surface area contributed by atoms with E-state index in [9.17, 15) is 9.59 Å². The van der Waals surface area contributed by atoms with Gasteiger partial charge in [0.15, 0.2) is 0 Å². The Hall–Kier alpha value is -2.62. The highest BCUT2D eigenvalue weighted by atomic mass is 16.2. The molecule has 2 amide bonds. The lowest BCUT2D eigenvalue weighted by Gasteiger charge is -2.22. The number of likely N-dealkylation sites (N-methyl/N-ethyl adjacent to an activating group) is 2. The Morgan fingerprint density at radius 3 is 1.25 bits per heavy atom. The van der Waals surface area contributed by atoms with E-state index in [1.807, 2.05) is 62.4 Å². The van der Waals surface area contributed by atoms with Crippen LogP contribution in [0, 0.1) is 13.8 Å². The Bertz CT molecular complexity index is 642. The Balaban J connectivity index is 1.91. The van der Waals surface area contributed by atoms with Crippen molar-refractivity contribution in [2.24, 2.45) is 0 Å². The third-order valence-electron chi connectivity index (χ3n) is 4.06. The molecule has 2 aromatic carbocycles. The van der Waals surface area contributed by atoms with E-state index in [-0.39, 0.29) is 11.8 Å². The van der Waals surface area contributed by atoms with Gasteiger partial charge in [-0.2, -0.15) is 0 Å². The molecular formula is C20H24N2O2. The van der Waals surface area contributed by atoms with Crippen LogP contribution in [0.1, 0.15) is 31.8 Å². The number of amides is 2. The lowest BCUT2D eigenvalue weighted by Crippen LogP contribution is -2.37. The fraction of sp³-hybridized carbons (Fsp3) is 0.300. The van der Waals surface area contributed by atoms with Gasteiger partial charge in [-0.1, -0.05) is 35.4 Å². The van der Waals surface area contributed by atoms with Crippen molar-refractivity contribution in [1.82, 2.24) is 9.80 Å². The number of aryl methyl sites for hydroxylation is 2. The third kappa shape index (κ3) is 4.44. The van der Waals surface area contributed by atoms with Crippen molar-refractivity contribution >= 4 is 11.8 Å². The van der Waals surface area contributed by atoms with E-state index in [1.165, 1.54) is 0 Å². The second-order valence-electron chi connectivity index (χ2n) is 6.19. The molecule has 4 heteroatoms. The van der Waals surface area contributed by atoms with E-state index in [1.54, 1.807) is 23.9 Å². The number of benzene rings is 2. The highest BCUT2D eigenvalue weighted by Crippen LogP contribution is 2.08. The predicted molar refractivity (Wildman–Crippen MR) is 96.3 cm³/mol. The number of hydrogen-bond donors (Lipinski definition) is 0. The molecule has 0 spiro atoms. The molecule has 2 rings (SSSR count).